The quantitative estimate of drug-likeness (QED) is 0.357. The van der Waals surface area contributed by atoms with E-state index in [1.54, 1.807) is 49.4 Å². The van der Waals surface area contributed by atoms with Gasteiger partial charge in [-0.15, -0.1) is 6.42 Å². The Labute approximate surface area is 216 Å². The van der Waals surface area contributed by atoms with E-state index in [9.17, 15) is 14.7 Å². The third-order valence-corrected chi connectivity index (χ3v) is 6.33. The zero-order valence-electron chi connectivity index (χ0n) is 19.3. The van der Waals surface area contributed by atoms with Gasteiger partial charge in [-0.2, -0.15) is 0 Å². The number of rotatable bonds is 7. The number of amides is 1. The van der Waals surface area contributed by atoms with Gasteiger partial charge in [0, 0.05) is 5.56 Å². The Kier molecular flexibility index (Phi) is 8.79. The number of hydrogen-bond acceptors (Lipinski definition) is 7. The zero-order chi connectivity index (χ0) is 25.5. The first-order valence-corrected chi connectivity index (χ1v) is 12.0. The fourth-order valence-electron chi connectivity index (χ4n) is 3.07. The SMILES string of the molecule is C#CCOc1c(Br)cc(/C=C2\SC(=NC(=O)c3ccc(C)cc3)C(C(=O)OCC)=C2O)cc1OC. The van der Waals surface area contributed by atoms with Crippen molar-refractivity contribution >= 4 is 50.7 Å². The molecule has 0 spiro atoms. The lowest BCUT2D eigenvalue weighted by Gasteiger charge is -2.12. The molecule has 1 amide bonds. The number of aryl methyl sites for hydroxylation is 1. The van der Waals surface area contributed by atoms with E-state index in [1.807, 2.05) is 6.92 Å². The number of thioether (sulfide) groups is 1. The Morgan fingerprint density at radius 2 is 1.97 bits per heavy atom. The van der Waals surface area contributed by atoms with Crippen molar-refractivity contribution in [2.45, 2.75) is 13.8 Å². The molecule has 0 unspecified atom stereocenters. The van der Waals surface area contributed by atoms with Crippen LogP contribution in [0.1, 0.15) is 28.4 Å². The maximum atomic E-state index is 12.7. The minimum Gasteiger partial charge on any atom is -0.506 e. The number of hydrogen-bond donors (Lipinski definition) is 1. The number of halogens is 1. The summed E-state index contributed by atoms with van der Waals surface area (Å²) in [6.07, 6.45) is 6.91. The van der Waals surface area contributed by atoms with E-state index >= 15 is 0 Å². The van der Waals surface area contributed by atoms with Crippen molar-refractivity contribution in [1.29, 1.82) is 0 Å². The molecule has 3 rings (SSSR count). The van der Waals surface area contributed by atoms with Gasteiger partial charge in [-0.25, -0.2) is 9.79 Å². The highest BCUT2D eigenvalue weighted by Gasteiger charge is 2.34. The predicted octanol–water partition coefficient (Wildman–Crippen LogP) is 5.48. The maximum Gasteiger partial charge on any atom is 0.344 e. The summed E-state index contributed by atoms with van der Waals surface area (Å²) in [5.74, 6) is 1.61. The molecule has 180 valence electrons. The van der Waals surface area contributed by atoms with Crippen LogP contribution < -0.4 is 9.47 Å². The fourth-order valence-corrected chi connectivity index (χ4v) is 4.66. The predicted molar refractivity (Wildman–Crippen MR) is 140 cm³/mol. The van der Waals surface area contributed by atoms with E-state index in [0.717, 1.165) is 17.3 Å². The van der Waals surface area contributed by atoms with Crippen LogP contribution >= 0.6 is 27.7 Å². The van der Waals surface area contributed by atoms with Crippen molar-refractivity contribution in [2.24, 2.45) is 4.99 Å². The van der Waals surface area contributed by atoms with Crippen LogP contribution in [0.4, 0.5) is 0 Å². The van der Waals surface area contributed by atoms with E-state index in [1.165, 1.54) is 7.11 Å². The number of carbonyl (C=O) groups excluding carboxylic acids is 2. The maximum absolute atomic E-state index is 12.7. The Morgan fingerprint density at radius 3 is 2.60 bits per heavy atom. The Bertz CT molecular complexity index is 1290. The van der Waals surface area contributed by atoms with Gasteiger partial charge in [-0.3, -0.25) is 4.79 Å². The van der Waals surface area contributed by atoms with Crippen molar-refractivity contribution in [1.82, 2.24) is 0 Å². The van der Waals surface area contributed by atoms with Gasteiger partial charge < -0.3 is 19.3 Å². The molecule has 1 N–H and O–H groups in total. The number of aliphatic hydroxyl groups is 1. The molecule has 0 fully saturated rings. The lowest BCUT2D eigenvalue weighted by atomic mass is 10.1. The molecule has 0 aliphatic carbocycles. The van der Waals surface area contributed by atoms with E-state index in [4.69, 9.17) is 20.6 Å². The van der Waals surface area contributed by atoms with Crippen molar-refractivity contribution in [3.8, 4) is 23.8 Å². The van der Waals surface area contributed by atoms with E-state index in [2.05, 4.69) is 26.8 Å². The topological polar surface area (TPSA) is 94.4 Å². The van der Waals surface area contributed by atoms with Gasteiger partial charge in [0.2, 0.25) is 0 Å². The fraction of sp³-hybridized carbons (Fsp3) is 0.192. The summed E-state index contributed by atoms with van der Waals surface area (Å²) in [5, 5.41) is 10.9. The molecule has 35 heavy (non-hydrogen) atoms. The molecule has 7 nitrogen and oxygen atoms in total. The van der Waals surface area contributed by atoms with Crippen LogP contribution in [0.25, 0.3) is 6.08 Å². The van der Waals surface area contributed by atoms with Gasteiger partial charge in [-0.1, -0.05) is 35.4 Å². The van der Waals surface area contributed by atoms with Crippen molar-refractivity contribution in [3.63, 3.8) is 0 Å². The second-order valence-electron chi connectivity index (χ2n) is 7.17. The van der Waals surface area contributed by atoms with Crippen LogP contribution in [-0.2, 0) is 9.53 Å². The molecule has 2 aromatic rings. The number of terminal acetylenes is 1. The van der Waals surface area contributed by atoms with Gasteiger partial charge in [0.15, 0.2) is 11.5 Å². The highest BCUT2D eigenvalue weighted by Crippen LogP contribution is 2.42. The smallest absolute Gasteiger partial charge is 0.344 e. The van der Waals surface area contributed by atoms with Crippen LogP contribution in [0.5, 0.6) is 11.5 Å². The minimum absolute atomic E-state index is 0.0535. The molecule has 1 heterocycles. The largest absolute Gasteiger partial charge is 0.506 e. The number of methoxy groups -OCH3 is 1. The summed E-state index contributed by atoms with van der Waals surface area (Å²) in [6.45, 7) is 3.72. The summed E-state index contributed by atoms with van der Waals surface area (Å²) < 4.78 is 16.6. The Morgan fingerprint density at radius 1 is 1.26 bits per heavy atom. The van der Waals surface area contributed by atoms with Crippen molar-refractivity contribution < 1.29 is 28.9 Å². The minimum atomic E-state index is -0.770. The normalized spacial score (nSPS) is 15.3. The number of benzene rings is 2. The number of aliphatic hydroxyl groups excluding tert-OH is 1. The molecule has 0 bridgehead atoms. The van der Waals surface area contributed by atoms with Gasteiger partial charge in [0.25, 0.3) is 5.91 Å². The first-order valence-electron chi connectivity index (χ1n) is 10.4. The van der Waals surface area contributed by atoms with Gasteiger partial charge in [0.1, 0.15) is 23.0 Å². The molecule has 0 saturated carbocycles. The molecule has 1 aliphatic rings. The average Bonchev–Trinajstić information content (AvgIpc) is 3.12. The van der Waals surface area contributed by atoms with E-state index in [-0.39, 0.29) is 29.6 Å². The standard InChI is InChI=1S/C26H22BrNO6S/c1-5-11-34-23-18(27)12-16(13-19(23)32-4)14-20-22(29)21(26(31)33-6-2)25(35-20)28-24(30)17-9-7-15(3)8-10-17/h1,7-10,12-14,29H,6,11H2,2-4H3/b20-14-,28-25?. The Balaban J connectivity index is 2.03. The van der Waals surface area contributed by atoms with Crippen LogP contribution in [0.15, 0.2) is 62.1 Å². The molecule has 0 saturated heterocycles. The van der Waals surface area contributed by atoms with Gasteiger partial charge >= 0.3 is 5.97 Å². The van der Waals surface area contributed by atoms with Crippen LogP contribution in [0.2, 0.25) is 0 Å². The second-order valence-corrected chi connectivity index (χ2v) is 9.05. The summed E-state index contributed by atoms with van der Waals surface area (Å²) in [6, 6.07) is 10.3. The highest BCUT2D eigenvalue weighted by molar-refractivity contribution is 9.10. The molecule has 1 aliphatic heterocycles. The molecule has 0 radical (unpaired) electrons. The lowest BCUT2D eigenvalue weighted by Crippen LogP contribution is -2.14. The number of ether oxygens (including phenoxy) is 3. The molecule has 2 aromatic carbocycles. The molecule has 0 atom stereocenters. The number of nitrogens with zero attached hydrogens (tertiary/aromatic N) is 1. The molecular formula is C26H22BrNO6S. The van der Waals surface area contributed by atoms with Crippen molar-refractivity contribution in [3.05, 3.63) is 73.8 Å². The summed E-state index contributed by atoms with van der Waals surface area (Å²) >= 11 is 4.43. The zero-order valence-corrected chi connectivity index (χ0v) is 21.7. The number of carbonyl (C=O) groups is 2. The third kappa shape index (κ3) is 6.15. The highest BCUT2D eigenvalue weighted by atomic mass is 79.9. The van der Waals surface area contributed by atoms with Crippen LogP contribution in [0, 0.1) is 19.3 Å². The van der Waals surface area contributed by atoms with Gasteiger partial charge in [-0.05, 0) is 65.7 Å². The Hall–Kier alpha value is -3.48. The average molecular weight is 556 g/mol. The van der Waals surface area contributed by atoms with Gasteiger partial charge in [0.05, 0.1) is 23.1 Å². The van der Waals surface area contributed by atoms with E-state index < -0.39 is 11.9 Å². The molecular weight excluding hydrogens is 534 g/mol. The van der Waals surface area contributed by atoms with Crippen molar-refractivity contribution in [2.75, 3.05) is 20.3 Å². The lowest BCUT2D eigenvalue weighted by molar-refractivity contribution is -0.138. The summed E-state index contributed by atoms with van der Waals surface area (Å²) in [7, 11) is 1.49. The number of aliphatic imine (C=N–C) groups is 1. The van der Waals surface area contributed by atoms with E-state index in [0.29, 0.717) is 32.0 Å². The third-order valence-electron chi connectivity index (χ3n) is 4.72. The molecule has 9 heteroatoms. The van der Waals surface area contributed by atoms with Crippen LogP contribution in [0.3, 0.4) is 0 Å². The summed E-state index contributed by atoms with van der Waals surface area (Å²) in [4.78, 5) is 29.8. The first kappa shape index (κ1) is 26.1. The second kappa shape index (κ2) is 11.8. The monoisotopic (exact) mass is 555 g/mol. The summed E-state index contributed by atoms with van der Waals surface area (Å²) in [5.41, 5.74) is 1.82. The first-order chi connectivity index (χ1) is 16.8. The number of esters is 1. The van der Waals surface area contributed by atoms with Crippen LogP contribution in [-0.4, -0.2) is 42.4 Å². The molecule has 0 aromatic heterocycles.